The van der Waals surface area contributed by atoms with E-state index in [-0.39, 0.29) is 12.6 Å². The molecule has 0 amide bonds. The number of aliphatic hydroxyl groups excluding tert-OH is 1. The zero-order chi connectivity index (χ0) is 13.8. The highest BCUT2D eigenvalue weighted by Crippen LogP contribution is 2.06. The van der Waals surface area contributed by atoms with Crippen LogP contribution in [0.15, 0.2) is 0 Å². The van der Waals surface area contributed by atoms with Gasteiger partial charge >= 0.3 is 0 Å². The number of nitrogens with one attached hydrogen (secondary N) is 1. The van der Waals surface area contributed by atoms with E-state index in [4.69, 9.17) is 0 Å². The Bertz CT molecular complexity index is 174. The Hall–Kier alpha value is -0.120. The summed E-state index contributed by atoms with van der Waals surface area (Å²) in [4.78, 5) is 2.53. The first kappa shape index (κ1) is 17.9. The van der Waals surface area contributed by atoms with E-state index in [0.29, 0.717) is 6.04 Å². The van der Waals surface area contributed by atoms with Crippen molar-refractivity contribution < 1.29 is 5.11 Å². The molecule has 18 heavy (non-hydrogen) atoms. The summed E-state index contributed by atoms with van der Waals surface area (Å²) in [7, 11) is 0. The predicted molar refractivity (Wildman–Crippen MR) is 80.0 cm³/mol. The average Bonchev–Trinajstić information content (AvgIpc) is 2.36. The van der Waals surface area contributed by atoms with Crippen LogP contribution in [0.25, 0.3) is 0 Å². The lowest BCUT2D eigenvalue weighted by molar-refractivity contribution is 0.180. The van der Waals surface area contributed by atoms with Crippen LogP contribution in [0.2, 0.25) is 0 Å². The number of hydrogen-bond donors (Lipinski definition) is 2. The third-order valence-electron chi connectivity index (χ3n) is 3.45. The van der Waals surface area contributed by atoms with E-state index in [9.17, 15) is 5.11 Å². The van der Waals surface area contributed by atoms with Crippen LogP contribution in [0.3, 0.4) is 0 Å². The predicted octanol–water partition coefficient (Wildman–Crippen LogP) is 2.64. The van der Waals surface area contributed by atoms with E-state index in [2.05, 4.69) is 37.9 Å². The number of nitrogens with zero attached hydrogens (tertiary/aromatic N) is 1. The molecule has 0 spiro atoms. The summed E-state index contributed by atoms with van der Waals surface area (Å²) in [5, 5.41) is 12.7. The fraction of sp³-hybridized carbons (Fsp3) is 1.00. The lowest BCUT2D eigenvalue weighted by Crippen LogP contribution is -2.39. The van der Waals surface area contributed by atoms with Crippen LogP contribution in [0.1, 0.15) is 59.8 Å². The molecule has 2 N–H and O–H groups in total. The van der Waals surface area contributed by atoms with Gasteiger partial charge in [-0.2, -0.15) is 0 Å². The van der Waals surface area contributed by atoms with Crippen molar-refractivity contribution in [2.24, 2.45) is 0 Å². The molecule has 0 aromatic rings. The zero-order valence-corrected chi connectivity index (χ0v) is 12.9. The van der Waals surface area contributed by atoms with Crippen molar-refractivity contribution in [3.05, 3.63) is 0 Å². The third-order valence-corrected chi connectivity index (χ3v) is 3.45. The van der Waals surface area contributed by atoms with Gasteiger partial charge in [-0.25, -0.2) is 0 Å². The zero-order valence-electron chi connectivity index (χ0n) is 12.9. The van der Waals surface area contributed by atoms with E-state index in [1.54, 1.807) is 0 Å². The molecule has 0 fully saturated rings. The maximum absolute atomic E-state index is 9.34. The molecule has 0 saturated carbocycles. The van der Waals surface area contributed by atoms with Crippen LogP contribution in [-0.4, -0.2) is 48.3 Å². The van der Waals surface area contributed by atoms with Crippen LogP contribution in [0, 0.1) is 0 Å². The Kier molecular flexibility index (Phi) is 11.9. The molecule has 0 heterocycles. The average molecular weight is 258 g/mol. The van der Waals surface area contributed by atoms with Gasteiger partial charge < -0.3 is 15.3 Å². The molecule has 0 saturated heterocycles. The van der Waals surface area contributed by atoms with Gasteiger partial charge in [-0.15, -0.1) is 0 Å². The van der Waals surface area contributed by atoms with Crippen LogP contribution >= 0.6 is 0 Å². The topological polar surface area (TPSA) is 35.5 Å². The monoisotopic (exact) mass is 258 g/mol. The Balaban J connectivity index is 3.91. The van der Waals surface area contributed by atoms with E-state index in [1.807, 2.05) is 0 Å². The highest BCUT2D eigenvalue weighted by molar-refractivity contribution is 4.70. The first-order valence-corrected chi connectivity index (χ1v) is 7.73. The minimum atomic E-state index is 0.251. The number of unbranched alkanes of at least 4 members (excludes halogenated alkanes) is 2. The molecule has 3 nitrogen and oxygen atoms in total. The van der Waals surface area contributed by atoms with Crippen molar-refractivity contribution in [1.82, 2.24) is 10.2 Å². The van der Waals surface area contributed by atoms with Crippen molar-refractivity contribution in [2.75, 3.05) is 26.2 Å². The van der Waals surface area contributed by atoms with Gasteiger partial charge in [0.15, 0.2) is 0 Å². The summed E-state index contributed by atoms with van der Waals surface area (Å²) in [5.41, 5.74) is 0. The normalized spacial score (nSPS) is 13.5. The molecule has 0 aromatic heterocycles. The lowest BCUT2D eigenvalue weighted by Gasteiger charge is -2.28. The van der Waals surface area contributed by atoms with Crippen molar-refractivity contribution in [3.63, 3.8) is 0 Å². The second-order valence-electron chi connectivity index (χ2n) is 5.46. The molecule has 0 aliphatic heterocycles. The van der Waals surface area contributed by atoms with Crippen molar-refractivity contribution in [2.45, 2.75) is 71.9 Å². The molecule has 0 aromatic carbocycles. The summed E-state index contributed by atoms with van der Waals surface area (Å²) in [6.07, 6.45) is 6.06. The van der Waals surface area contributed by atoms with Crippen LogP contribution in [-0.2, 0) is 0 Å². The molecule has 1 atom stereocenters. The molecule has 1 unspecified atom stereocenters. The third kappa shape index (κ3) is 8.90. The second-order valence-corrected chi connectivity index (χ2v) is 5.46. The summed E-state index contributed by atoms with van der Waals surface area (Å²) in [5.74, 6) is 0. The summed E-state index contributed by atoms with van der Waals surface area (Å²) >= 11 is 0. The minimum absolute atomic E-state index is 0.251. The molecule has 0 radical (unpaired) electrons. The minimum Gasteiger partial charge on any atom is -0.395 e. The van der Waals surface area contributed by atoms with Gasteiger partial charge in [-0.1, -0.05) is 26.7 Å². The van der Waals surface area contributed by atoms with Crippen molar-refractivity contribution >= 4 is 0 Å². The van der Waals surface area contributed by atoms with Gasteiger partial charge in [0.1, 0.15) is 0 Å². The molecule has 0 aliphatic carbocycles. The van der Waals surface area contributed by atoms with Crippen molar-refractivity contribution in [3.8, 4) is 0 Å². The largest absolute Gasteiger partial charge is 0.395 e. The van der Waals surface area contributed by atoms with Gasteiger partial charge in [-0.05, 0) is 52.7 Å². The van der Waals surface area contributed by atoms with Gasteiger partial charge in [0, 0.05) is 12.1 Å². The van der Waals surface area contributed by atoms with E-state index in [1.165, 1.54) is 25.8 Å². The Morgan fingerprint density at radius 2 is 1.78 bits per heavy atom. The first-order chi connectivity index (χ1) is 8.65. The SMILES string of the molecule is CCCCCN(CCC(CO)NCCC)C(C)C. The summed E-state index contributed by atoms with van der Waals surface area (Å²) in [6, 6.07) is 0.866. The Labute approximate surface area is 114 Å². The molecular formula is C15H34N2O. The molecule has 110 valence electrons. The fourth-order valence-electron chi connectivity index (χ4n) is 2.12. The standard InChI is InChI=1S/C15H34N2O/c1-5-7-8-11-17(14(3)4)12-9-15(13-18)16-10-6-2/h14-16,18H,5-13H2,1-4H3. The maximum Gasteiger partial charge on any atom is 0.0585 e. The van der Waals surface area contributed by atoms with Crippen molar-refractivity contribution in [1.29, 1.82) is 0 Å². The molecular weight excluding hydrogens is 224 g/mol. The summed E-state index contributed by atoms with van der Waals surface area (Å²) in [6.45, 7) is 12.5. The van der Waals surface area contributed by atoms with Gasteiger partial charge in [0.05, 0.1) is 6.61 Å². The number of hydrogen-bond acceptors (Lipinski definition) is 3. The quantitative estimate of drug-likeness (QED) is 0.528. The van der Waals surface area contributed by atoms with E-state index >= 15 is 0 Å². The number of rotatable bonds is 12. The van der Waals surface area contributed by atoms with Gasteiger partial charge in [0.25, 0.3) is 0 Å². The Morgan fingerprint density at radius 1 is 1.06 bits per heavy atom. The lowest BCUT2D eigenvalue weighted by atomic mass is 10.1. The molecule has 0 rings (SSSR count). The first-order valence-electron chi connectivity index (χ1n) is 7.73. The van der Waals surface area contributed by atoms with Crippen LogP contribution < -0.4 is 5.32 Å². The second kappa shape index (κ2) is 11.9. The smallest absolute Gasteiger partial charge is 0.0585 e. The molecule has 0 aliphatic rings. The summed E-state index contributed by atoms with van der Waals surface area (Å²) < 4.78 is 0. The molecule has 3 heteroatoms. The maximum atomic E-state index is 9.34. The van der Waals surface area contributed by atoms with Gasteiger partial charge in [-0.3, -0.25) is 0 Å². The highest BCUT2D eigenvalue weighted by atomic mass is 16.3. The van der Waals surface area contributed by atoms with E-state index < -0.39 is 0 Å². The van der Waals surface area contributed by atoms with Gasteiger partial charge in [0.2, 0.25) is 0 Å². The van der Waals surface area contributed by atoms with Crippen LogP contribution in [0.4, 0.5) is 0 Å². The fourth-order valence-corrected chi connectivity index (χ4v) is 2.12. The van der Waals surface area contributed by atoms with E-state index in [0.717, 1.165) is 25.9 Å². The Morgan fingerprint density at radius 3 is 2.28 bits per heavy atom. The number of aliphatic hydroxyl groups is 1. The van der Waals surface area contributed by atoms with Crippen LogP contribution in [0.5, 0.6) is 0 Å². The molecule has 0 bridgehead atoms. The highest BCUT2D eigenvalue weighted by Gasteiger charge is 2.12.